The second-order valence-corrected chi connectivity index (χ2v) is 8.38. The van der Waals surface area contributed by atoms with Gasteiger partial charge in [0.25, 0.3) is 5.91 Å². The zero-order chi connectivity index (χ0) is 20.3. The predicted molar refractivity (Wildman–Crippen MR) is 117 cm³/mol. The third kappa shape index (κ3) is 3.84. The number of anilines is 1. The molecule has 1 fully saturated rings. The fraction of sp³-hybridized carbons (Fsp3) is 0.435. The summed E-state index contributed by atoms with van der Waals surface area (Å²) >= 11 is 0. The van der Waals surface area contributed by atoms with E-state index in [4.69, 9.17) is 0 Å². The van der Waals surface area contributed by atoms with E-state index in [-0.39, 0.29) is 5.91 Å². The van der Waals surface area contributed by atoms with Crippen molar-refractivity contribution < 1.29 is 4.79 Å². The number of benzene rings is 1. The molecule has 3 heterocycles. The Labute approximate surface area is 176 Å². The first-order chi connectivity index (χ1) is 14.8. The van der Waals surface area contributed by atoms with E-state index < -0.39 is 0 Å². The van der Waals surface area contributed by atoms with Crippen molar-refractivity contribution in [2.45, 2.75) is 38.5 Å². The highest BCUT2D eigenvalue weighted by Crippen LogP contribution is 2.26. The second-order valence-electron chi connectivity index (χ2n) is 8.38. The lowest BCUT2D eigenvalue weighted by Crippen LogP contribution is -2.39. The number of hydrogen-bond acceptors (Lipinski definition) is 4. The lowest BCUT2D eigenvalue weighted by molar-refractivity contribution is 0.0939. The van der Waals surface area contributed by atoms with Crippen molar-refractivity contribution in [3.63, 3.8) is 0 Å². The molecule has 1 aliphatic carbocycles. The van der Waals surface area contributed by atoms with E-state index in [0.717, 1.165) is 73.5 Å². The molecule has 7 heteroatoms. The third-order valence-corrected chi connectivity index (χ3v) is 6.41. The van der Waals surface area contributed by atoms with E-state index in [1.54, 1.807) is 0 Å². The summed E-state index contributed by atoms with van der Waals surface area (Å²) in [7, 11) is 0. The number of piperidine rings is 1. The fourth-order valence-corrected chi connectivity index (χ4v) is 4.59. The Kier molecular flexibility index (Phi) is 5.26. The van der Waals surface area contributed by atoms with Gasteiger partial charge < -0.3 is 10.2 Å². The molecule has 0 spiro atoms. The van der Waals surface area contributed by atoms with Gasteiger partial charge in [-0.05, 0) is 50.0 Å². The van der Waals surface area contributed by atoms with Crippen molar-refractivity contribution >= 4 is 11.7 Å². The minimum atomic E-state index is -0.0309. The van der Waals surface area contributed by atoms with Crippen molar-refractivity contribution in [3.8, 4) is 11.3 Å². The highest BCUT2D eigenvalue weighted by Gasteiger charge is 2.24. The fourth-order valence-electron chi connectivity index (χ4n) is 4.59. The summed E-state index contributed by atoms with van der Waals surface area (Å²) in [6.07, 6.45) is 6.38. The van der Waals surface area contributed by atoms with E-state index in [0.29, 0.717) is 18.2 Å². The van der Waals surface area contributed by atoms with E-state index in [2.05, 4.69) is 48.8 Å². The number of aromatic nitrogens is 4. The molecule has 156 valence electrons. The van der Waals surface area contributed by atoms with Gasteiger partial charge in [0.1, 0.15) is 0 Å². The maximum absolute atomic E-state index is 12.6. The van der Waals surface area contributed by atoms with Crippen molar-refractivity contribution in [1.29, 1.82) is 0 Å². The highest BCUT2D eigenvalue weighted by atomic mass is 16.1. The molecule has 5 rings (SSSR count). The van der Waals surface area contributed by atoms with Crippen LogP contribution in [-0.4, -0.2) is 45.9 Å². The first-order valence-electron chi connectivity index (χ1n) is 11.0. The number of rotatable bonds is 5. The Bertz CT molecular complexity index is 1000. The molecule has 3 N–H and O–H groups in total. The van der Waals surface area contributed by atoms with Gasteiger partial charge in [0.2, 0.25) is 0 Å². The van der Waals surface area contributed by atoms with Crippen LogP contribution < -0.4 is 10.2 Å². The van der Waals surface area contributed by atoms with E-state index in [9.17, 15) is 4.79 Å². The van der Waals surface area contributed by atoms with Crippen LogP contribution in [0.25, 0.3) is 11.3 Å². The number of carbonyl (C=O) groups is 1. The van der Waals surface area contributed by atoms with Gasteiger partial charge in [0.15, 0.2) is 11.5 Å². The van der Waals surface area contributed by atoms with Crippen LogP contribution in [0.4, 0.5) is 5.82 Å². The van der Waals surface area contributed by atoms with Crippen LogP contribution in [0.5, 0.6) is 0 Å². The van der Waals surface area contributed by atoms with Crippen LogP contribution in [0.3, 0.4) is 0 Å². The number of amides is 1. The Balaban J connectivity index is 1.13. The van der Waals surface area contributed by atoms with Gasteiger partial charge in [-0.3, -0.25) is 15.0 Å². The molecule has 1 aliphatic heterocycles. The monoisotopic (exact) mass is 404 g/mol. The third-order valence-electron chi connectivity index (χ3n) is 6.41. The highest BCUT2D eigenvalue weighted by molar-refractivity contribution is 5.94. The summed E-state index contributed by atoms with van der Waals surface area (Å²) in [5.74, 6) is 1.46. The number of hydrogen-bond donors (Lipinski definition) is 3. The topological polar surface area (TPSA) is 89.7 Å². The number of aromatic amines is 2. The van der Waals surface area contributed by atoms with Crippen LogP contribution in [0.1, 0.15) is 47.4 Å². The Hall–Kier alpha value is -3.09. The molecule has 2 aliphatic rings. The Morgan fingerprint density at radius 2 is 1.87 bits per heavy atom. The first-order valence-corrected chi connectivity index (χ1v) is 11.0. The van der Waals surface area contributed by atoms with Crippen molar-refractivity contribution in [1.82, 2.24) is 25.7 Å². The van der Waals surface area contributed by atoms with E-state index in [1.807, 2.05) is 18.2 Å². The Morgan fingerprint density at radius 1 is 1.07 bits per heavy atom. The molecular formula is C23H28N6O. The van der Waals surface area contributed by atoms with Gasteiger partial charge in [0.05, 0.1) is 5.69 Å². The zero-order valence-electron chi connectivity index (χ0n) is 17.2. The summed E-state index contributed by atoms with van der Waals surface area (Å²) < 4.78 is 0. The van der Waals surface area contributed by atoms with Gasteiger partial charge >= 0.3 is 0 Å². The maximum atomic E-state index is 12.6. The average Bonchev–Trinajstić information content (AvgIpc) is 3.46. The van der Waals surface area contributed by atoms with Crippen molar-refractivity contribution in [3.05, 3.63) is 53.3 Å². The van der Waals surface area contributed by atoms with Gasteiger partial charge in [-0.2, -0.15) is 10.2 Å². The van der Waals surface area contributed by atoms with Gasteiger partial charge in [-0.25, -0.2) is 0 Å². The largest absolute Gasteiger partial charge is 0.355 e. The van der Waals surface area contributed by atoms with Gasteiger partial charge in [-0.1, -0.05) is 30.3 Å². The van der Waals surface area contributed by atoms with Crippen molar-refractivity contribution in [2.75, 3.05) is 24.5 Å². The lowest BCUT2D eigenvalue weighted by Gasteiger charge is -2.32. The van der Waals surface area contributed by atoms with Crippen LogP contribution in [0.15, 0.2) is 36.4 Å². The molecule has 1 amide bonds. The molecule has 0 bridgehead atoms. The van der Waals surface area contributed by atoms with Gasteiger partial charge in [0, 0.05) is 37.0 Å². The summed E-state index contributed by atoms with van der Waals surface area (Å²) in [6, 6.07) is 12.4. The smallest absolute Gasteiger partial charge is 0.272 e. The molecule has 1 aromatic carbocycles. The lowest BCUT2D eigenvalue weighted by atomic mass is 9.95. The molecule has 0 radical (unpaired) electrons. The number of fused-ring (bicyclic) bond motifs is 1. The number of H-pyrrole nitrogens is 2. The summed E-state index contributed by atoms with van der Waals surface area (Å²) in [5, 5.41) is 18.1. The summed E-state index contributed by atoms with van der Waals surface area (Å²) in [4.78, 5) is 15.0. The van der Waals surface area contributed by atoms with Crippen LogP contribution >= 0.6 is 0 Å². The molecular weight excluding hydrogens is 376 g/mol. The first kappa shape index (κ1) is 18.9. The van der Waals surface area contributed by atoms with E-state index >= 15 is 0 Å². The Morgan fingerprint density at radius 3 is 2.70 bits per heavy atom. The maximum Gasteiger partial charge on any atom is 0.272 e. The zero-order valence-corrected chi connectivity index (χ0v) is 17.2. The molecule has 0 saturated carbocycles. The van der Waals surface area contributed by atoms with Crippen molar-refractivity contribution in [2.24, 2.45) is 5.92 Å². The predicted octanol–water partition coefficient (Wildman–Crippen LogP) is 3.33. The minimum Gasteiger partial charge on any atom is -0.355 e. The number of carbonyl (C=O) groups excluding carboxylic acids is 1. The summed E-state index contributed by atoms with van der Waals surface area (Å²) in [5.41, 5.74) is 5.07. The quantitative estimate of drug-likeness (QED) is 0.608. The molecule has 1 saturated heterocycles. The number of aryl methyl sites for hydroxylation is 1. The van der Waals surface area contributed by atoms with Gasteiger partial charge in [-0.15, -0.1) is 0 Å². The van der Waals surface area contributed by atoms with E-state index in [1.165, 1.54) is 6.42 Å². The number of nitrogens with one attached hydrogen (secondary N) is 3. The number of nitrogens with zero attached hydrogens (tertiary/aromatic N) is 3. The molecule has 2 aromatic heterocycles. The molecule has 0 atom stereocenters. The molecule has 30 heavy (non-hydrogen) atoms. The average molecular weight is 405 g/mol. The second kappa shape index (κ2) is 8.34. The SMILES string of the molecule is O=C(NCC1CCN(c2cc(-c3ccccc3)[nH]n2)CC1)c1n[nH]c2c1CCCC2. The van der Waals surface area contributed by atoms with Crippen LogP contribution in [-0.2, 0) is 12.8 Å². The normalized spacial score (nSPS) is 17.0. The van der Waals surface area contributed by atoms with Crippen LogP contribution in [0.2, 0.25) is 0 Å². The molecule has 7 nitrogen and oxygen atoms in total. The molecule has 0 unspecified atom stereocenters. The molecule has 3 aromatic rings. The minimum absolute atomic E-state index is 0.0309. The standard InChI is InChI=1S/C23H28N6O/c30-23(22-18-8-4-5-9-19(18)25-28-22)24-15-16-10-12-29(13-11-16)21-14-20(26-27-21)17-6-2-1-3-7-17/h1-3,6-7,14,16H,4-5,8-13,15H2,(H,24,30)(H,25,28)(H,26,27). The summed E-state index contributed by atoms with van der Waals surface area (Å²) in [6.45, 7) is 2.62. The van der Waals surface area contributed by atoms with Crippen LogP contribution in [0, 0.1) is 5.92 Å².